The number of benzene rings is 2. The van der Waals surface area contributed by atoms with E-state index in [0.29, 0.717) is 24.2 Å². The van der Waals surface area contributed by atoms with Crippen LogP contribution in [0, 0.1) is 0 Å². The number of nitrogens with zero attached hydrogens (tertiary/aromatic N) is 1. The van der Waals surface area contributed by atoms with Crippen LogP contribution in [0.25, 0.3) is 0 Å². The largest absolute Gasteiger partial charge is 0.325 e. The van der Waals surface area contributed by atoms with Gasteiger partial charge in [0.2, 0.25) is 5.91 Å². The zero-order chi connectivity index (χ0) is 23.7. The molecule has 4 heteroatoms. The van der Waals surface area contributed by atoms with Gasteiger partial charge in [0.25, 0.3) is 5.91 Å². The Kier molecular flexibility index (Phi) is 13.0. The molecule has 0 aliphatic carbocycles. The molecule has 2 aromatic carbocycles. The van der Waals surface area contributed by atoms with E-state index in [1.165, 1.54) is 57.8 Å². The lowest BCUT2D eigenvalue weighted by Gasteiger charge is -2.22. The van der Waals surface area contributed by atoms with E-state index in [1.54, 1.807) is 11.0 Å². The molecule has 0 atom stereocenters. The van der Waals surface area contributed by atoms with Crippen molar-refractivity contribution in [3.8, 4) is 0 Å². The summed E-state index contributed by atoms with van der Waals surface area (Å²) >= 11 is 0. The van der Waals surface area contributed by atoms with Crippen molar-refractivity contribution in [3.05, 3.63) is 60.2 Å². The van der Waals surface area contributed by atoms with Crippen molar-refractivity contribution >= 4 is 23.2 Å². The number of rotatable bonds is 16. The SMILES string of the molecule is CCCCCCCCCCCCCC(=O)Nc1ccccc1C(=O)N(CC)c1ccccc1. The maximum absolute atomic E-state index is 13.2. The molecule has 1 N–H and O–H groups in total. The Balaban J connectivity index is 1.74. The number of anilines is 2. The van der Waals surface area contributed by atoms with Crippen LogP contribution in [0.4, 0.5) is 11.4 Å². The third kappa shape index (κ3) is 9.81. The molecule has 0 aromatic heterocycles. The molecule has 0 saturated carbocycles. The van der Waals surface area contributed by atoms with Gasteiger partial charge >= 0.3 is 0 Å². The minimum Gasteiger partial charge on any atom is -0.325 e. The molecule has 2 aromatic rings. The summed E-state index contributed by atoms with van der Waals surface area (Å²) in [4.78, 5) is 27.5. The first-order chi connectivity index (χ1) is 16.2. The Morgan fingerprint density at radius 3 is 1.85 bits per heavy atom. The zero-order valence-electron chi connectivity index (χ0n) is 20.7. The van der Waals surface area contributed by atoms with E-state index < -0.39 is 0 Å². The molecule has 2 amide bonds. The molecule has 180 valence electrons. The number of carbonyl (C=O) groups is 2. The van der Waals surface area contributed by atoms with E-state index in [4.69, 9.17) is 0 Å². The normalized spacial score (nSPS) is 10.7. The molecule has 2 rings (SSSR count). The van der Waals surface area contributed by atoms with E-state index in [1.807, 2.05) is 55.5 Å². The number of unbranched alkanes of at least 4 members (excludes halogenated alkanes) is 10. The lowest BCUT2D eigenvalue weighted by Crippen LogP contribution is -2.31. The van der Waals surface area contributed by atoms with Crippen molar-refractivity contribution in [1.29, 1.82) is 0 Å². The van der Waals surface area contributed by atoms with Crippen LogP contribution in [-0.4, -0.2) is 18.4 Å². The Morgan fingerprint density at radius 2 is 1.24 bits per heavy atom. The molecule has 0 bridgehead atoms. The predicted octanol–water partition coefficient (Wildman–Crippen LogP) is 7.99. The first-order valence-corrected chi connectivity index (χ1v) is 12.9. The van der Waals surface area contributed by atoms with Crippen LogP contribution < -0.4 is 10.2 Å². The van der Waals surface area contributed by atoms with Gasteiger partial charge in [-0.3, -0.25) is 9.59 Å². The van der Waals surface area contributed by atoms with Crippen molar-refractivity contribution < 1.29 is 9.59 Å². The lowest BCUT2D eigenvalue weighted by molar-refractivity contribution is -0.116. The predicted molar refractivity (Wildman–Crippen MR) is 140 cm³/mol. The van der Waals surface area contributed by atoms with Crippen LogP contribution in [0.2, 0.25) is 0 Å². The quantitative estimate of drug-likeness (QED) is 0.263. The number of para-hydroxylation sites is 2. The highest BCUT2D eigenvalue weighted by molar-refractivity contribution is 6.11. The molecular weight excluding hydrogens is 408 g/mol. The number of carbonyl (C=O) groups excluding carboxylic acids is 2. The fourth-order valence-electron chi connectivity index (χ4n) is 4.14. The number of hydrogen-bond acceptors (Lipinski definition) is 2. The molecule has 0 spiro atoms. The summed E-state index contributed by atoms with van der Waals surface area (Å²) in [7, 11) is 0. The topological polar surface area (TPSA) is 49.4 Å². The zero-order valence-corrected chi connectivity index (χ0v) is 20.7. The number of nitrogens with one attached hydrogen (secondary N) is 1. The minimum absolute atomic E-state index is 0.0195. The Bertz CT molecular complexity index is 819. The molecule has 33 heavy (non-hydrogen) atoms. The average molecular weight is 451 g/mol. The number of hydrogen-bond donors (Lipinski definition) is 1. The maximum Gasteiger partial charge on any atom is 0.260 e. The second kappa shape index (κ2) is 16.1. The molecule has 4 nitrogen and oxygen atoms in total. The summed E-state index contributed by atoms with van der Waals surface area (Å²) in [6.45, 7) is 4.77. The van der Waals surface area contributed by atoms with Crippen molar-refractivity contribution in [3.63, 3.8) is 0 Å². The molecule has 0 aliphatic rings. The smallest absolute Gasteiger partial charge is 0.260 e. The van der Waals surface area contributed by atoms with Gasteiger partial charge in [-0.15, -0.1) is 0 Å². The Hall–Kier alpha value is -2.62. The maximum atomic E-state index is 13.2. The molecule has 0 saturated heterocycles. The van der Waals surface area contributed by atoms with Crippen molar-refractivity contribution in [1.82, 2.24) is 0 Å². The van der Waals surface area contributed by atoms with Gasteiger partial charge in [0.15, 0.2) is 0 Å². The van der Waals surface area contributed by atoms with Crippen LogP contribution in [0.3, 0.4) is 0 Å². The van der Waals surface area contributed by atoms with Crippen molar-refractivity contribution in [2.75, 3.05) is 16.8 Å². The highest BCUT2D eigenvalue weighted by Crippen LogP contribution is 2.22. The van der Waals surface area contributed by atoms with Gasteiger partial charge in [-0.05, 0) is 37.6 Å². The highest BCUT2D eigenvalue weighted by Gasteiger charge is 2.19. The van der Waals surface area contributed by atoms with Gasteiger partial charge in [-0.2, -0.15) is 0 Å². The highest BCUT2D eigenvalue weighted by atomic mass is 16.2. The van der Waals surface area contributed by atoms with E-state index in [-0.39, 0.29) is 11.8 Å². The van der Waals surface area contributed by atoms with Crippen LogP contribution >= 0.6 is 0 Å². The third-order valence-corrected chi connectivity index (χ3v) is 6.07. The van der Waals surface area contributed by atoms with Crippen LogP contribution in [0.1, 0.15) is 101 Å². The van der Waals surface area contributed by atoms with E-state index in [0.717, 1.165) is 18.5 Å². The van der Waals surface area contributed by atoms with Crippen molar-refractivity contribution in [2.24, 2.45) is 0 Å². The Morgan fingerprint density at radius 1 is 0.697 bits per heavy atom. The average Bonchev–Trinajstić information content (AvgIpc) is 2.84. The molecule has 0 radical (unpaired) electrons. The fraction of sp³-hybridized carbons (Fsp3) is 0.517. The summed E-state index contributed by atoms with van der Waals surface area (Å²) in [5.41, 5.74) is 1.97. The summed E-state index contributed by atoms with van der Waals surface area (Å²) in [5, 5.41) is 2.97. The summed E-state index contributed by atoms with van der Waals surface area (Å²) in [6, 6.07) is 16.9. The second-order valence-corrected chi connectivity index (χ2v) is 8.76. The van der Waals surface area contributed by atoms with Crippen LogP contribution in [-0.2, 0) is 4.79 Å². The van der Waals surface area contributed by atoms with Crippen LogP contribution in [0.5, 0.6) is 0 Å². The summed E-state index contributed by atoms with van der Waals surface area (Å²) in [6.07, 6.45) is 14.4. The minimum atomic E-state index is -0.103. The second-order valence-electron chi connectivity index (χ2n) is 8.76. The summed E-state index contributed by atoms with van der Waals surface area (Å²) in [5.74, 6) is -0.122. The molecule has 0 unspecified atom stereocenters. The van der Waals surface area contributed by atoms with Gasteiger partial charge in [0, 0.05) is 18.7 Å². The monoisotopic (exact) mass is 450 g/mol. The van der Waals surface area contributed by atoms with E-state index in [9.17, 15) is 9.59 Å². The first kappa shape index (κ1) is 26.6. The standard InChI is InChI=1S/C29H42N2O2/c1-3-5-6-7-8-9-10-11-12-13-17-24-28(32)30-27-23-19-18-22-26(27)29(33)31(4-2)25-20-15-14-16-21-25/h14-16,18-23H,3-13,17,24H2,1-2H3,(H,30,32). The number of amides is 2. The molecule has 0 fully saturated rings. The third-order valence-electron chi connectivity index (χ3n) is 6.07. The van der Waals surface area contributed by atoms with Crippen LogP contribution in [0.15, 0.2) is 54.6 Å². The van der Waals surface area contributed by atoms with Gasteiger partial charge in [-0.1, -0.05) is 101 Å². The van der Waals surface area contributed by atoms with Crippen molar-refractivity contribution in [2.45, 2.75) is 90.9 Å². The summed E-state index contributed by atoms with van der Waals surface area (Å²) < 4.78 is 0. The molecule has 0 aliphatic heterocycles. The van der Waals surface area contributed by atoms with Gasteiger partial charge in [-0.25, -0.2) is 0 Å². The molecular formula is C29H42N2O2. The van der Waals surface area contributed by atoms with Gasteiger partial charge in [0.1, 0.15) is 0 Å². The first-order valence-electron chi connectivity index (χ1n) is 12.9. The molecule has 0 heterocycles. The van der Waals surface area contributed by atoms with E-state index in [2.05, 4.69) is 12.2 Å². The fourth-order valence-corrected chi connectivity index (χ4v) is 4.14. The van der Waals surface area contributed by atoms with Gasteiger partial charge in [0.05, 0.1) is 11.3 Å². The Labute approximate surface area is 200 Å². The lowest BCUT2D eigenvalue weighted by atomic mass is 10.1. The van der Waals surface area contributed by atoms with Gasteiger partial charge < -0.3 is 10.2 Å². The van der Waals surface area contributed by atoms with E-state index >= 15 is 0 Å².